The summed E-state index contributed by atoms with van der Waals surface area (Å²) in [4.78, 5) is 4.36. The molecule has 0 saturated heterocycles. The number of anilines is 1. The van der Waals surface area contributed by atoms with Gasteiger partial charge >= 0.3 is 0 Å². The van der Waals surface area contributed by atoms with Crippen molar-refractivity contribution >= 4 is 21.9 Å². The third kappa shape index (κ3) is 4.61. The predicted octanol–water partition coefficient (Wildman–Crippen LogP) is 3.23. The minimum Gasteiger partial charge on any atom is -0.334 e. The molecule has 8 nitrogen and oxygen atoms in total. The average Bonchev–Trinajstić information content (AvgIpc) is 3.15. The Hall–Kier alpha value is -3.51. The fourth-order valence-corrected chi connectivity index (χ4v) is 3.18. The van der Waals surface area contributed by atoms with Crippen molar-refractivity contribution < 1.29 is 12.9 Å². The van der Waals surface area contributed by atoms with Crippen LogP contribution in [0.25, 0.3) is 22.8 Å². The molecule has 0 aliphatic heterocycles. The van der Waals surface area contributed by atoms with Gasteiger partial charge in [-0.3, -0.25) is 4.72 Å². The van der Waals surface area contributed by atoms with Gasteiger partial charge < -0.3 is 9.93 Å². The molecule has 1 aromatic heterocycles. The monoisotopic (exact) mass is 395 g/mol. The summed E-state index contributed by atoms with van der Waals surface area (Å²) in [5.74, 6) is 0.635. The van der Waals surface area contributed by atoms with Gasteiger partial charge in [0.2, 0.25) is 15.8 Å². The molecular weight excluding hydrogens is 378 g/mol. The maximum absolute atomic E-state index is 11.3. The van der Waals surface area contributed by atoms with Crippen molar-refractivity contribution in [2.24, 2.45) is 0 Å². The molecule has 0 aliphatic rings. The maximum Gasteiger partial charge on any atom is 0.258 e. The minimum absolute atomic E-state index is 0.281. The first kappa shape index (κ1) is 19.3. The number of benzene rings is 2. The molecular formula is C19H17N5O3S. The summed E-state index contributed by atoms with van der Waals surface area (Å²) in [6.45, 7) is 0. The molecule has 9 heteroatoms. The lowest BCUT2D eigenvalue weighted by Gasteiger charge is -2.03. The number of hydrogen-bond acceptors (Lipinski definition) is 7. The number of aryl methyl sites for hydroxylation is 1. The zero-order chi connectivity index (χ0) is 20.1. The van der Waals surface area contributed by atoms with Crippen molar-refractivity contribution in [2.75, 3.05) is 11.0 Å². The van der Waals surface area contributed by atoms with Gasteiger partial charge in [-0.05, 0) is 61.0 Å². The Morgan fingerprint density at radius 2 is 1.93 bits per heavy atom. The molecule has 3 aromatic rings. The van der Waals surface area contributed by atoms with E-state index in [1.54, 1.807) is 36.4 Å². The van der Waals surface area contributed by atoms with Crippen molar-refractivity contribution in [3.63, 3.8) is 0 Å². The number of nitriles is 1. The first-order valence-corrected chi connectivity index (χ1v) is 10.2. The average molecular weight is 395 g/mol. The Labute approximate surface area is 162 Å². The van der Waals surface area contributed by atoms with Gasteiger partial charge in [-0.15, -0.1) is 0 Å². The lowest BCUT2D eigenvalue weighted by atomic mass is 10.0. The number of nitrogens with zero attached hydrogens (tertiary/aromatic N) is 3. The molecule has 0 aliphatic carbocycles. The van der Waals surface area contributed by atoms with Crippen LogP contribution < -0.4 is 4.72 Å². The first-order chi connectivity index (χ1) is 13.4. The van der Waals surface area contributed by atoms with E-state index in [0.29, 0.717) is 41.0 Å². The van der Waals surface area contributed by atoms with Crippen LogP contribution in [0, 0.1) is 16.7 Å². The molecule has 0 amide bonds. The van der Waals surface area contributed by atoms with E-state index in [1.807, 2.05) is 6.07 Å². The Morgan fingerprint density at radius 1 is 1.21 bits per heavy atom. The Morgan fingerprint density at radius 3 is 2.57 bits per heavy atom. The van der Waals surface area contributed by atoms with Crippen LogP contribution in [0.1, 0.15) is 17.5 Å². The summed E-state index contributed by atoms with van der Waals surface area (Å²) in [6.07, 6.45) is 3.59. The molecule has 0 saturated carbocycles. The van der Waals surface area contributed by atoms with Gasteiger partial charge in [0.15, 0.2) is 0 Å². The lowest BCUT2D eigenvalue weighted by Crippen LogP contribution is -2.09. The predicted molar refractivity (Wildman–Crippen MR) is 105 cm³/mol. The van der Waals surface area contributed by atoms with Crippen LogP contribution in [0.4, 0.5) is 5.69 Å². The second-order valence-corrected chi connectivity index (χ2v) is 7.85. The summed E-state index contributed by atoms with van der Waals surface area (Å²) in [5, 5.41) is 20.4. The van der Waals surface area contributed by atoms with Gasteiger partial charge in [-0.1, -0.05) is 11.2 Å². The van der Waals surface area contributed by atoms with Crippen LogP contribution in [0.2, 0.25) is 0 Å². The molecule has 2 N–H and O–H groups in total. The summed E-state index contributed by atoms with van der Waals surface area (Å²) in [7, 11) is -3.34. The Balaban J connectivity index is 1.84. The van der Waals surface area contributed by atoms with Crippen LogP contribution >= 0.6 is 0 Å². The highest BCUT2D eigenvalue weighted by molar-refractivity contribution is 7.92. The quantitative estimate of drug-likeness (QED) is 0.590. The zero-order valence-electron chi connectivity index (χ0n) is 15.0. The second-order valence-electron chi connectivity index (χ2n) is 6.10. The molecule has 0 radical (unpaired) electrons. The van der Waals surface area contributed by atoms with Crippen LogP contribution in [-0.2, 0) is 16.4 Å². The lowest BCUT2D eigenvalue weighted by molar-refractivity contribution is 0.432. The fraction of sp³-hybridized carbons (Fsp3) is 0.158. The third-order valence-electron chi connectivity index (χ3n) is 3.91. The maximum atomic E-state index is 11.3. The second kappa shape index (κ2) is 8.02. The third-order valence-corrected chi connectivity index (χ3v) is 4.51. The molecule has 142 valence electrons. The van der Waals surface area contributed by atoms with E-state index in [9.17, 15) is 13.7 Å². The normalized spacial score (nSPS) is 11.0. The summed E-state index contributed by atoms with van der Waals surface area (Å²) in [6, 6.07) is 14.1. The minimum atomic E-state index is -3.34. The van der Waals surface area contributed by atoms with Gasteiger partial charge in [-0.2, -0.15) is 10.2 Å². The number of sulfonamides is 1. The van der Waals surface area contributed by atoms with Crippen molar-refractivity contribution in [1.29, 1.82) is 10.7 Å². The van der Waals surface area contributed by atoms with E-state index in [2.05, 4.69) is 20.9 Å². The van der Waals surface area contributed by atoms with Crippen molar-refractivity contribution in [1.82, 2.24) is 10.1 Å². The highest BCUT2D eigenvalue weighted by Gasteiger charge is 2.13. The van der Waals surface area contributed by atoms with Crippen molar-refractivity contribution in [3.8, 4) is 28.9 Å². The Kier molecular flexibility index (Phi) is 5.52. The van der Waals surface area contributed by atoms with E-state index in [-0.39, 0.29) is 5.89 Å². The fourth-order valence-electron chi connectivity index (χ4n) is 2.62. The van der Waals surface area contributed by atoms with E-state index in [4.69, 9.17) is 9.93 Å². The standard InChI is InChI=1S/C19H17N5O3S/c1-28(25,26)24-17-8-6-14(7-9-17)18-22-19(27-23-18)15-5-4-13(3-2-10-20)16(11-15)12-21/h4-11,20,24H,2-3H2,1H3. The van der Waals surface area contributed by atoms with Crippen molar-refractivity contribution in [3.05, 3.63) is 53.6 Å². The topological polar surface area (TPSA) is 133 Å². The molecule has 3 rings (SSSR count). The highest BCUT2D eigenvalue weighted by atomic mass is 32.2. The molecule has 0 spiro atoms. The summed E-state index contributed by atoms with van der Waals surface area (Å²) < 4.78 is 30.2. The number of hydrogen-bond donors (Lipinski definition) is 2. The van der Waals surface area contributed by atoms with Gasteiger partial charge in [0.05, 0.1) is 17.9 Å². The van der Waals surface area contributed by atoms with Gasteiger partial charge in [-0.25, -0.2) is 8.42 Å². The van der Waals surface area contributed by atoms with Gasteiger partial charge in [0.1, 0.15) is 0 Å². The van der Waals surface area contributed by atoms with E-state index < -0.39 is 10.0 Å². The molecule has 0 bridgehead atoms. The SMILES string of the molecule is CS(=O)(=O)Nc1ccc(-c2noc(-c3ccc(CCC=N)c(C#N)c3)n2)cc1. The van der Waals surface area contributed by atoms with Crippen LogP contribution in [0.5, 0.6) is 0 Å². The number of aromatic nitrogens is 2. The van der Waals surface area contributed by atoms with Crippen LogP contribution in [0.3, 0.4) is 0 Å². The van der Waals surface area contributed by atoms with Gasteiger partial charge in [0, 0.05) is 16.8 Å². The molecule has 0 unspecified atom stereocenters. The van der Waals surface area contributed by atoms with E-state index in [0.717, 1.165) is 11.8 Å². The summed E-state index contributed by atoms with van der Waals surface area (Å²) in [5.41, 5.74) is 3.11. The van der Waals surface area contributed by atoms with E-state index in [1.165, 1.54) is 6.21 Å². The molecule has 2 aromatic carbocycles. The summed E-state index contributed by atoms with van der Waals surface area (Å²) >= 11 is 0. The highest BCUT2D eigenvalue weighted by Crippen LogP contribution is 2.25. The number of rotatable bonds is 7. The zero-order valence-corrected chi connectivity index (χ0v) is 15.8. The van der Waals surface area contributed by atoms with Gasteiger partial charge in [0.25, 0.3) is 5.89 Å². The largest absolute Gasteiger partial charge is 0.334 e. The van der Waals surface area contributed by atoms with Crippen LogP contribution in [0.15, 0.2) is 47.0 Å². The molecule has 28 heavy (non-hydrogen) atoms. The Bertz CT molecular complexity index is 1150. The smallest absolute Gasteiger partial charge is 0.258 e. The first-order valence-electron chi connectivity index (χ1n) is 8.34. The molecule has 0 atom stereocenters. The molecule has 0 fully saturated rings. The number of nitrogens with one attached hydrogen (secondary N) is 2. The van der Waals surface area contributed by atoms with Crippen LogP contribution in [-0.4, -0.2) is 31.0 Å². The molecule has 1 heterocycles. The van der Waals surface area contributed by atoms with Crippen molar-refractivity contribution in [2.45, 2.75) is 12.8 Å². The van der Waals surface area contributed by atoms with E-state index >= 15 is 0 Å².